The fourth-order valence-electron chi connectivity index (χ4n) is 6.43. The molecule has 0 aromatic rings. The molecule has 5 rings (SSSR count). The second kappa shape index (κ2) is 3.10. The number of aliphatic hydroxyl groups excluding tert-OH is 2. The molecule has 5 heteroatoms. The first-order valence-corrected chi connectivity index (χ1v) is 7.57. The summed E-state index contributed by atoms with van der Waals surface area (Å²) in [6, 6.07) is 0. The molecule has 4 bridgehead atoms. The summed E-state index contributed by atoms with van der Waals surface area (Å²) in [5.41, 5.74) is -3.80. The van der Waals surface area contributed by atoms with E-state index < -0.39 is 39.8 Å². The summed E-state index contributed by atoms with van der Waals surface area (Å²) in [4.78, 5) is 0. The Morgan fingerprint density at radius 1 is 1.15 bits per heavy atom. The van der Waals surface area contributed by atoms with Gasteiger partial charge in [-0.2, -0.15) is 0 Å². The third-order valence-corrected chi connectivity index (χ3v) is 8.03. The van der Waals surface area contributed by atoms with Gasteiger partial charge >= 0.3 is 0 Å². The Labute approximate surface area is 118 Å². The van der Waals surface area contributed by atoms with Gasteiger partial charge in [-0.05, 0) is 25.2 Å². The first-order valence-electron chi connectivity index (χ1n) is 7.57. The molecule has 20 heavy (non-hydrogen) atoms. The molecular weight excluding hydrogens is 260 g/mol. The molecule has 1 spiro atoms. The van der Waals surface area contributed by atoms with E-state index in [-0.39, 0.29) is 12.5 Å². The molecular formula is C15H24O5. The topological polar surface area (TPSA) is 90.2 Å². The van der Waals surface area contributed by atoms with Crippen LogP contribution in [-0.4, -0.2) is 50.6 Å². The van der Waals surface area contributed by atoms with Gasteiger partial charge in [0, 0.05) is 10.8 Å². The van der Waals surface area contributed by atoms with E-state index in [9.17, 15) is 20.4 Å². The summed E-state index contributed by atoms with van der Waals surface area (Å²) in [5.74, 6) is -1.74. The van der Waals surface area contributed by atoms with Crippen molar-refractivity contribution >= 4 is 0 Å². The number of hydrogen-bond acceptors (Lipinski definition) is 5. The maximum absolute atomic E-state index is 11.5. The molecule has 5 fully saturated rings. The highest BCUT2D eigenvalue weighted by molar-refractivity contribution is 5.36. The van der Waals surface area contributed by atoms with E-state index in [1.54, 1.807) is 6.92 Å². The van der Waals surface area contributed by atoms with Crippen molar-refractivity contribution in [2.45, 2.75) is 63.6 Å². The molecule has 4 N–H and O–H groups in total. The molecule has 1 heterocycles. The van der Waals surface area contributed by atoms with Crippen molar-refractivity contribution in [2.24, 2.45) is 22.2 Å². The Hall–Kier alpha value is -0.200. The molecule has 1 aliphatic heterocycles. The third-order valence-electron chi connectivity index (χ3n) is 8.03. The highest BCUT2D eigenvalue weighted by atomic mass is 16.7. The summed E-state index contributed by atoms with van der Waals surface area (Å²) < 4.78 is 5.62. The van der Waals surface area contributed by atoms with Crippen molar-refractivity contribution in [3.05, 3.63) is 0 Å². The van der Waals surface area contributed by atoms with E-state index in [4.69, 9.17) is 4.74 Å². The molecule has 2 unspecified atom stereocenters. The first-order chi connectivity index (χ1) is 9.12. The van der Waals surface area contributed by atoms with Gasteiger partial charge < -0.3 is 25.2 Å². The predicted octanol–water partition coefficient (Wildman–Crippen LogP) is 0.00430. The fraction of sp³-hybridized carbons (Fsp3) is 1.00. The lowest BCUT2D eigenvalue weighted by Crippen LogP contribution is -2.84. The summed E-state index contributed by atoms with van der Waals surface area (Å²) in [6.45, 7) is 5.80. The van der Waals surface area contributed by atoms with Gasteiger partial charge in [-0.15, -0.1) is 0 Å². The number of rotatable bonds is 0. The molecule has 4 aliphatic carbocycles. The van der Waals surface area contributed by atoms with E-state index in [2.05, 4.69) is 0 Å². The van der Waals surface area contributed by atoms with Crippen molar-refractivity contribution in [3.63, 3.8) is 0 Å². The monoisotopic (exact) mass is 284 g/mol. The van der Waals surface area contributed by atoms with Crippen LogP contribution in [0.4, 0.5) is 0 Å². The number of aliphatic hydroxyl groups is 4. The highest BCUT2D eigenvalue weighted by Gasteiger charge is 2.90. The van der Waals surface area contributed by atoms with Gasteiger partial charge in [0.15, 0.2) is 0 Å². The smallest absolute Gasteiger partial charge is 0.201 e. The van der Waals surface area contributed by atoms with E-state index in [0.717, 1.165) is 6.42 Å². The quantitative estimate of drug-likeness (QED) is 0.503. The maximum Gasteiger partial charge on any atom is 0.201 e. The Morgan fingerprint density at radius 3 is 2.45 bits per heavy atom. The van der Waals surface area contributed by atoms with Crippen LogP contribution in [0.1, 0.15) is 40.0 Å². The number of hydrogen-bond donors (Lipinski definition) is 4. The Morgan fingerprint density at radius 2 is 1.80 bits per heavy atom. The van der Waals surface area contributed by atoms with Crippen LogP contribution in [0, 0.1) is 22.2 Å². The first kappa shape index (κ1) is 13.5. The molecule has 0 radical (unpaired) electrons. The molecule has 0 aromatic heterocycles. The van der Waals surface area contributed by atoms with Gasteiger partial charge in [0.1, 0.15) is 6.10 Å². The van der Waals surface area contributed by atoms with Crippen molar-refractivity contribution in [1.82, 2.24) is 0 Å². The van der Waals surface area contributed by atoms with Crippen LogP contribution in [0.2, 0.25) is 0 Å². The fourth-order valence-corrected chi connectivity index (χ4v) is 6.43. The molecule has 4 saturated carbocycles. The van der Waals surface area contributed by atoms with Gasteiger partial charge in [0.2, 0.25) is 5.79 Å². The van der Waals surface area contributed by atoms with E-state index >= 15 is 0 Å². The second-order valence-corrected chi connectivity index (χ2v) is 7.98. The van der Waals surface area contributed by atoms with Crippen molar-refractivity contribution in [2.75, 3.05) is 6.61 Å². The lowest BCUT2D eigenvalue weighted by Gasteiger charge is -2.72. The Kier molecular flexibility index (Phi) is 2.09. The van der Waals surface area contributed by atoms with Crippen LogP contribution in [0.15, 0.2) is 0 Å². The van der Waals surface area contributed by atoms with Crippen LogP contribution >= 0.6 is 0 Å². The molecule has 114 valence electrons. The molecule has 0 aromatic carbocycles. The third kappa shape index (κ3) is 0.830. The average molecular weight is 284 g/mol. The van der Waals surface area contributed by atoms with Gasteiger partial charge in [0.05, 0.1) is 23.7 Å². The zero-order valence-corrected chi connectivity index (χ0v) is 12.3. The van der Waals surface area contributed by atoms with E-state index in [1.807, 2.05) is 13.8 Å². The minimum absolute atomic E-state index is 0.0366. The largest absolute Gasteiger partial charge is 0.392 e. The number of ether oxygens (including phenoxy) is 1. The molecule has 8 atom stereocenters. The van der Waals surface area contributed by atoms with Crippen LogP contribution in [0.25, 0.3) is 0 Å². The van der Waals surface area contributed by atoms with Gasteiger partial charge in [-0.1, -0.05) is 20.8 Å². The summed E-state index contributed by atoms with van der Waals surface area (Å²) in [7, 11) is 0. The Balaban J connectivity index is 2.08. The Bertz CT molecular complexity index is 495. The van der Waals surface area contributed by atoms with E-state index in [1.165, 1.54) is 0 Å². The summed E-state index contributed by atoms with van der Waals surface area (Å²) >= 11 is 0. The van der Waals surface area contributed by atoms with Crippen LogP contribution < -0.4 is 0 Å². The molecule has 5 aliphatic rings. The average Bonchev–Trinajstić information content (AvgIpc) is 2.77. The predicted molar refractivity (Wildman–Crippen MR) is 69.5 cm³/mol. The van der Waals surface area contributed by atoms with E-state index in [0.29, 0.717) is 12.8 Å². The number of fused-ring (bicyclic) bond motifs is 1. The molecule has 5 nitrogen and oxygen atoms in total. The minimum atomic E-state index is -1.77. The van der Waals surface area contributed by atoms with Crippen LogP contribution in [0.3, 0.4) is 0 Å². The highest BCUT2D eigenvalue weighted by Crippen LogP contribution is 2.80. The van der Waals surface area contributed by atoms with Gasteiger partial charge in [0.25, 0.3) is 0 Å². The van der Waals surface area contributed by atoms with Crippen LogP contribution in [0.5, 0.6) is 0 Å². The van der Waals surface area contributed by atoms with Gasteiger partial charge in [-0.25, -0.2) is 0 Å². The molecule has 0 amide bonds. The van der Waals surface area contributed by atoms with Crippen molar-refractivity contribution in [3.8, 4) is 0 Å². The maximum atomic E-state index is 11.5. The van der Waals surface area contributed by atoms with Crippen molar-refractivity contribution in [1.29, 1.82) is 0 Å². The van der Waals surface area contributed by atoms with Crippen molar-refractivity contribution < 1.29 is 25.2 Å². The minimum Gasteiger partial charge on any atom is -0.392 e. The zero-order valence-electron chi connectivity index (χ0n) is 12.3. The second-order valence-electron chi connectivity index (χ2n) is 7.98. The normalized spacial score (nSPS) is 71.2. The SMILES string of the molecule is C[C@@H]1CC[C@@]2(O)[C@@]13CC(O)C1(C)[C@](O)(OC[C@]12C)[C@@H]3O. The summed E-state index contributed by atoms with van der Waals surface area (Å²) in [5, 5.41) is 44.1. The summed E-state index contributed by atoms with van der Waals surface area (Å²) in [6.07, 6.45) is -0.250. The molecule has 1 saturated heterocycles. The lowest BCUT2D eigenvalue weighted by molar-refractivity contribution is -0.413. The lowest BCUT2D eigenvalue weighted by atomic mass is 9.34. The van der Waals surface area contributed by atoms with Gasteiger partial charge in [-0.3, -0.25) is 0 Å². The zero-order chi connectivity index (χ0) is 14.8. The standard InChI is InChI=1S/C15H24O5/c1-8-4-5-14(18)11(2)7-20-15(19)10(17)13(8,14)6-9(16)12(11,15)3/h8-10,16-19H,4-7H2,1-3H3/t8-,9?,10-,11-,12?,13+,14+,15-/m1/s1. The van der Waals surface area contributed by atoms with Crippen LogP contribution in [-0.2, 0) is 4.74 Å².